The molecule has 0 N–H and O–H groups in total. The van der Waals surface area contributed by atoms with Gasteiger partial charge in [0.15, 0.2) is 0 Å². The first-order chi connectivity index (χ1) is 11.3. The summed E-state index contributed by atoms with van der Waals surface area (Å²) in [7, 11) is 3.56. The maximum atomic E-state index is 14.2. The monoisotopic (exact) mass is 351 g/mol. The van der Waals surface area contributed by atoms with E-state index in [-0.39, 0.29) is 0 Å². The molecule has 2 aromatic rings. The van der Waals surface area contributed by atoms with Crippen molar-refractivity contribution in [3.05, 3.63) is 52.6 Å². The molecule has 2 aromatic carbocycles. The molecular formula is C18H20ClF2N3. The van der Waals surface area contributed by atoms with Gasteiger partial charge < -0.3 is 9.80 Å². The van der Waals surface area contributed by atoms with E-state index in [4.69, 9.17) is 11.6 Å². The number of rotatable bonds is 5. The van der Waals surface area contributed by atoms with Crippen molar-refractivity contribution in [3.63, 3.8) is 0 Å². The molecular weight excluding hydrogens is 332 g/mol. The van der Waals surface area contributed by atoms with Gasteiger partial charge in [0.25, 0.3) is 0 Å². The Labute approximate surface area is 146 Å². The number of anilines is 2. The first-order valence-corrected chi connectivity index (χ1v) is 7.94. The van der Waals surface area contributed by atoms with Crippen LogP contribution >= 0.6 is 11.6 Å². The van der Waals surface area contributed by atoms with Crippen LogP contribution in [0.2, 0.25) is 5.02 Å². The van der Waals surface area contributed by atoms with E-state index in [1.165, 1.54) is 18.2 Å². The molecule has 128 valence electrons. The van der Waals surface area contributed by atoms with Crippen LogP contribution in [-0.2, 0) is 0 Å². The fourth-order valence-electron chi connectivity index (χ4n) is 2.26. The van der Waals surface area contributed by atoms with Gasteiger partial charge in [-0.3, -0.25) is 0 Å². The molecule has 0 aromatic heterocycles. The zero-order valence-corrected chi connectivity index (χ0v) is 14.9. The molecule has 0 heterocycles. The van der Waals surface area contributed by atoms with Crippen LogP contribution in [0.3, 0.4) is 0 Å². The highest BCUT2D eigenvalue weighted by atomic mass is 35.5. The topological polar surface area (TPSA) is 18.8 Å². The smallest absolute Gasteiger partial charge is 0.148 e. The van der Waals surface area contributed by atoms with Crippen LogP contribution in [0.15, 0.2) is 35.3 Å². The number of aliphatic imine (C=N–C) groups is 1. The van der Waals surface area contributed by atoms with Crippen molar-refractivity contribution < 1.29 is 8.78 Å². The quantitative estimate of drug-likeness (QED) is 0.537. The fraction of sp³-hybridized carbons (Fsp3) is 0.278. The number of benzene rings is 2. The lowest BCUT2D eigenvalue weighted by Gasteiger charge is -2.23. The lowest BCUT2D eigenvalue weighted by atomic mass is 10.1. The lowest BCUT2D eigenvalue weighted by molar-refractivity contribution is 0.552. The third-order valence-corrected chi connectivity index (χ3v) is 4.08. The van der Waals surface area contributed by atoms with Gasteiger partial charge >= 0.3 is 0 Å². The summed E-state index contributed by atoms with van der Waals surface area (Å²) in [6.07, 6.45) is 1.65. The summed E-state index contributed by atoms with van der Waals surface area (Å²) in [6, 6.07) is 7.13. The normalized spacial score (nSPS) is 11.1. The molecule has 0 unspecified atom stereocenters. The zero-order valence-electron chi connectivity index (χ0n) is 14.1. The van der Waals surface area contributed by atoms with Gasteiger partial charge in [0.05, 0.1) is 17.7 Å². The Morgan fingerprint density at radius 3 is 2.46 bits per heavy atom. The highest BCUT2D eigenvalue weighted by Gasteiger charge is 2.15. The molecule has 0 aliphatic heterocycles. The number of hydrogen-bond donors (Lipinski definition) is 0. The largest absolute Gasteiger partial charge is 0.366 e. The molecule has 0 aliphatic carbocycles. The zero-order chi connectivity index (χ0) is 17.9. The number of nitrogens with zero attached hydrogens (tertiary/aromatic N) is 3. The minimum Gasteiger partial charge on any atom is -0.366 e. The second kappa shape index (κ2) is 7.62. The van der Waals surface area contributed by atoms with Gasteiger partial charge in [-0.2, -0.15) is 0 Å². The molecule has 2 rings (SSSR count). The second-order valence-corrected chi connectivity index (χ2v) is 5.98. The predicted octanol–water partition coefficient (Wildman–Crippen LogP) is 5.31. The molecule has 0 saturated heterocycles. The van der Waals surface area contributed by atoms with Crippen molar-refractivity contribution in [2.24, 2.45) is 4.99 Å². The fourth-order valence-corrected chi connectivity index (χ4v) is 2.42. The van der Waals surface area contributed by atoms with E-state index in [0.29, 0.717) is 22.1 Å². The highest BCUT2D eigenvalue weighted by Crippen LogP contribution is 2.35. The summed E-state index contributed by atoms with van der Waals surface area (Å²) in [5.41, 5.74) is 2.12. The average Bonchev–Trinajstić information content (AvgIpc) is 2.54. The summed E-state index contributed by atoms with van der Waals surface area (Å²) in [5, 5.41) is 0.313. The van der Waals surface area contributed by atoms with Crippen LogP contribution in [0.5, 0.6) is 0 Å². The second-order valence-electron chi connectivity index (χ2n) is 5.54. The molecule has 0 aliphatic rings. The standard InChI is InChI=1S/C18H20ClF2N3/c1-5-23(3)11-22-16-9-14(20)10-18(12(16)2)24(4)17-7-6-13(19)8-15(17)21/h6-11H,5H2,1-4H3/b22-11-. The molecule has 24 heavy (non-hydrogen) atoms. The lowest BCUT2D eigenvalue weighted by Crippen LogP contribution is -2.15. The molecule has 6 heteroatoms. The van der Waals surface area contributed by atoms with Gasteiger partial charge in [-0.15, -0.1) is 0 Å². The van der Waals surface area contributed by atoms with Crippen LogP contribution < -0.4 is 4.90 Å². The predicted molar refractivity (Wildman–Crippen MR) is 97.1 cm³/mol. The Balaban J connectivity index is 2.46. The van der Waals surface area contributed by atoms with Crippen molar-refractivity contribution in [2.75, 3.05) is 25.5 Å². The summed E-state index contributed by atoms with van der Waals surface area (Å²) >= 11 is 5.79. The maximum Gasteiger partial charge on any atom is 0.148 e. The summed E-state index contributed by atoms with van der Waals surface area (Å²) in [6.45, 7) is 4.62. The van der Waals surface area contributed by atoms with E-state index in [2.05, 4.69) is 4.99 Å². The first kappa shape index (κ1) is 18.2. The minimum absolute atomic E-state index is 0.313. The molecule has 0 atom stereocenters. The van der Waals surface area contributed by atoms with Gasteiger partial charge in [-0.25, -0.2) is 13.8 Å². The average molecular weight is 352 g/mol. The van der Waals surface area contributed by atoms with Crippen LogP contribution in [0, 0.1) is 18.6 Å². The van der Waals surface area contributed by atoms with Crippen molar-refractivity contribution >= 4 is 35.0 Å². The van der Waals surface area contributed by atoms with Crippen LogP contribution in [-0.4, -0.2) is 31.9 Å². The molecule has 0 fully saturated rings. The van der Waals surface area contributed by atoms with Crippen LogP contribution in [0.25, 0.3) is 0 Å². The van der Waals surface area contributed by atoms with Crippen LogP contribution in [0.4, 0.5) is 25.8 Å². The summed E-state index contributed by atoms with van der Waals surface area (Å²) in [5.74, 6) is -0.896. The molecule has 0 saturated carbocycles. The minimum atomic E-state index is -0.468. The van der Waals surface area contributed by atoms with Crippen molar-refractivity contribution in [1.29, 1.82) is 0 Å². The van der Waals surface area contributed by atoms with Gasteiger partial charge in [0, 0.05) is 31.4 Å². The number of halogens is 3. The summed E-state index contributed by atoms with van der Waals surface area (Å²) < 4.78 is 28.2. The van der Waals surface area contributed by atoms with E-state index in [9.17, 15) is 8.78 Å². The molecule has 0 amide bonds. The van der Waals surface area contributed by atoms with Crippen molar-refractivity contribution in [2.45, 2.75) is 13.8 Å². The van der Waals surface area contributed by atoms with E-state index in [0.717, 1.165) is 12.1 Å². The third-order valence-electron chi connectivity index (χ3n) is 3.84. The Kier molecular flexibility index (Phi) is 5.78. The van der Waals surface area contributed by atoms with Crippen LogP contribution in [0.1, 0.15) is 12.5 Å². The van der Waals surface area contributed by atoms with Gasteiger partial charge in [-0.05, 0) is 49.7 Å². The van der Waals surface area contributed by atoms with E-state index in [1.807, 2.05) is 25.8 Å². The van der Waals surface area contributed by atoms with E-state index < -0.39 is 11.6 Å². The number of hydrogen-bond acceptors (Lipinski definition) is 2. The summed E-state index contributed by atoms with van der Waals surface area (Å²) in [4.78, 5) is 7.80. The first-order valence-electron chi connectivity index (χ1n) is 7.56. The highest BCUT2D eigenvalue weighted by molar-refractivity contribution is 6.30. The Bertz CT molecular complexity index is 762. The molecule has 0 radical (unpaired) electrons. The molecule has 0 spiro atoms. The van der Waals surface area contributed by atoms with E-state index >= 15 is 0 Å². The SMILES string of the molecule is CCN(C)/C=N\c1cc(F)cc(N(C)c2ccc(Cl)cc2F)c1C. The van der Waals surface area contributed by atoms with Gasteiger partial charge in [0.2, 0.25) is 0 Å². The maximum absolute atomic E-state index is 14.2. The van der Waals surface area contributed by atoms with Gasteiger partial charge in [0.1, 0.15) is 11.6 Å². The Hall–Kier alpha value is -2.14. The Morgan fingerprint density at radius 1 is 1.12 bits per heavy atom. The Morgan fingerprint density at radius 2 is 1.83 bits per heavy atom. The van der Waals surface area contributed by atoms with Crippen molar-refractivity contribution in [3.8, 4) is 0 Å². The van der Waals surface area contributed by atoms with E-state index in [1.54, 1.807) is 30.4 Å². The molecule has 3 nitrogen and oxygen atoms in total. The molecule has 0 bridgehead atoms. The van der Waals surface area contributed by atoms with Gasteiger partial charge in [-0.1, -0.05) is 11.6 Å². The third kappa shape index (κ3) is 4.03. The van der Waals surface area contributed by atoms with Crippen molar-refractivity contribution in [1.82, 2.24) is 4.90 Å².